The maximum absolute atomic E-state index is 13.0. The van der Waals surface area contributed by atoms with Crippen molar-refractivity contribution < 1.29 is 18.8 Å². The number of methoxy groups -OCH3 is 2. The van der Waals surface area contributed by atoms with Crippen molar-refractivity contribution in [2.45, 2.75) is 25.3 Å². The zero-order valence-corrected chi connectivity index (χ0v) is 16.5. The van der Waals surface area contributed by atoms with E-state index in [2.05, 4.69) is 10.1 Å². The molecule has 2 aromatic carbocycles. The zero-order chi connectivity index (χ0) is 20.2. The third-order valence-corrected chi connectivity index (χ3v) is 5.14. The first-order valence-corrected chi connectivity index (χ1v) is 9.59. The van der Waals surface area contributed by atoms with Crippen LogP contribution in [0.15, 0.2) is 53.1 Å². The molecule has 4 rings (SSSR count). The molecule has 0 aliphatic carbocycles. The fourth-order valence-electron chi connectivity index (χ4n) is 3.66. The fourth-order valence-corrected chi connectivity index (χ4v) is 3.66. The lowest BCUT2D eigenvalue weighted by Crippen LogP contribution is -2.32. The molecule has 29 heavy (non-hydrogen) atoms. The number of nitrogens with zero attached hydrogens (tertiary/aromatic N) is 3. The lowest BCUT2D eigenvalue weighted by atomic mass is 10.1. The number of aromatic nitrogens is 2. The van der Waals surface area contributed by atoms with Gasteiger partial charge in [-0.3, -0.25) is 4.79 Å². The fraction of sp³-hybridized carbons (Fsp3) is 0.318. The second-order valence-corrected chi connectivity index (χ2v) is 6.93. The Labute approximate surface area is 169 Å². The molecule has 7 nitrogen and oxygen atoms in total. The van der Waals surface area contributed by atoms with Crippen molar-refractivity contribution in [1.29, 1.82) is 0 Å². The Hall–Kier alpha value is -3.35. The van der Waals surface area contributed by atoms with Gasteiger partial charge in [0, 0.05) is 12.1 Å². The molecule has 3 aromatic rings. The first-order chi connectivity index (χ1) is 14.2. The van der Waals surface area contributed by atoms with E-state index in [1.807, 2.05) is 53.4 Å². The molecule has 1 aliphatic rings. The molecule has 1 saturated heterocycles. The minimum atomic E-state index is -0.187. The van der Waals surface area contributed by atoms with Crippen LogP contribution in [0.25, 0.3) is 11.4 Å². The quantitative estimate of drug-likeness (QED) is 0.636. The van der Waals surface area contributed by atoms with Gasteiger partial charge in [-0.2, -0.15) is 4.98 Å². The molecule has 1 unspecified atom stereocenters. The smallest absolute Gasteiger partial charge is 0.249 e. The number of carbonyl (C=O) groups is 1. The molecule has 1 aliphatic heterocycles. The molecule has 1 aromatic heterocycles. The molecule has 0 bridgehead atoms. The summed E-state index contributed by atoms with van der Waals surface area (Å²) in [5.74, 6) is 2.31. The summed E-state index contributed by atoms with van der Waals surface area (Å²) in [4.78, 5) is 19.4. The van der Waals surface area contributed by atoms with E-state index in [0.717, 1.165) is 24.0 Å². The molecule has 1 fully saturated rings. The third kappa shape index (κ3) is 3.94. The molecule has 2 heterocycles. The summed E-state index contributed by atoms with van der Waals surface area (Å²) in [6.07, 6.45) is 2.00. The Balaban J connectivity index is 1.50. The molecule has 0 N–H and O–H groups in total. The van der Waals surface area contributed by atoms with Gasteiger partial charge in [0.05, 0.1) is 20.6 Å². The van der Waals surface area contributed by atoms with Gasteiger partial charge in [0.1, 0.15) is 6.04 Å². The van der Waals surface area contributed by atoms with Gasteiger partial charge in [0.15, 0.2) is 11.5 Å². The number of likely N-dealkylation sites (tertiary alicyclic amines) is 1. The predicted molar refractivity (Wildman–Crippen MR) is 107 cm³/mol. The second kappa shape index (κ2) is 8.34. The van der Waals surface area contributed by atoms with Crippen LogP contribution >= 0.6 is 0 Å². The summed E-state index contributed by atoms with van der Waals surface area (Å²) in [7, 11) is 3.17. The molecular formula is C22H23N3O4. The van der Waals surface area contributed by atoms with Crippen LogP contribution in [0, 0.1) is 0 Å². The van der Waals surface area contributed by atoms with Gasteiger partial charge in [-0.05, 0) is 30.5 Å². The van der Waals surface area contributed by atoms with E-state index in [-0.39, 0.29) is 18.4 Å². The summed E-state index contributed by atoms with van der Waals surface area (Å²) in [5.41, 5.74) is 1.76. The minimum absolute atomic E-state index is 0.0270. The maximum atomic E-state index is 13.0. The number of hydrogen-bond donors (Lipinski definition) is 0. The van der Waals surface area contributed by atoms with Gasteiger partial charge in [-0.15, -0.1) is 0 Å². The first kappa shape index (κ1) is 19.0. The van der Waals surface area contributed by atoms with Crippen molar-refractivity contribution in [3.63, 3.8) is 0 Å². The molecule has 1 amide bonds. The SMILES string of the molecule is COc1ccc(CC(=O)N2CCCC2c2nc(-c3ccccc3)no2)cc1OC. The number of amides is 1. The molecule has 0 radical (unpaired) electrons. The van der Waals surface area contributed by atoms with E-state index in [0.29, 0.717) is 29.8 Å². The molecule has 1 atom stereocenters. The van der Waals surface area contributed by atoms with Crippen LogP contribution in [-0.2, 0) is 11.2 Å². The van der Waals surface area contributed by atoms with Crippen molar-refractivity contribution in [3.8, 4) is 22.9 Å². The molecule has 150 valence electrons. The molecular weight excluding hydrogens is 370 g/mol. The Bertz CT molecular complexity index is 987. The van der Waals surface area contributed by atoms with Crippen LogP contribution < -0.4 is 9.47 Å². The van der Waals surface area contributed by atoms with Crippen LogP contribution in [0.3, 0.4) is 0 Å². The molecule has 0 spiro atoms. The van der Waals surface area contributed by atoms with Crippen molar-refractivity contribution in [2.24, 2.45) is 0 Å². The van der Waals surface area contributed by atoms with Crippen molar-refractivity contribution in [2.75, 3.05) is 20.8 Å². The Morgan fingerprint density at radius 3 is 2.69 bits per heavy atom. The highest BCUT2D eigenvalue weighted by Crippen LogP contribution is 2.33. The average molecular weight is 393 g/mol. The lowest BCUT2D eigenvalue weighted by molar-refractivity contribution is -0.131. The Morgan fingerprint density at radius 2 is 1.93 bits per heavy atom. The predicted octanol–water partition coefficient (Wildman–Crippen LogP) is 3.66. The van der Waals surface area contributed by atoms with Crippen LogP contribution in [0.2, 0.25) is 0 Å². The minimum Gasteiger partial charge on any atom is -0.493 e. The summed E-state index contributed by atoms with van der Waals surface area (Å²) in [6, 6.07) is 15.0. The highest BCUT2D eigenvalue weighted by molar-refractivity contribution is 5.79. The van der Waals surface area contributed by atoms with Crippen LogP contribution in [0.5, 0.6) is 11.5 Å². The Morgan fingerprint density at radius 1 is 1.14 bits per heavy atom. The van der Waals surface area contributed by atoms with E-state index in [1.165, 1.54) is 0 Å². The average Bonchev–Trinajstić information content (AvgIpc) is 3.43. The van der Waals surface area contributed by atoms with Gasteiger partial charge in [-0.1, -0.05) is 41.6 Å². The van der Waals surface area contributed by atoms with Crippen LogP contribution in [-0.4, -0.2) is 41.7 Å². The van der Waals surface area contributed by atoms with E-state index >= 15 is 0 Å². The maximum Gasteiger partial charge on any atom is 0.249 e. The van der Waals surface area contributed by atoms with Gasteiger partial charge < -0.3 is 18.9 Å². The summed E-state index contributed by atoms with van der Waals surface area (Å²) in [6.45, 7) is 0.680. The number of carbonyl (C=O) groups excluding carboxylic acids is 1. The van der Waals surface area contributed by atoms with Crippen molar-refractivity contribution in [3.05, 3.63) is 60.0 Å². The second-order valence-electron chi connectivity index (χ2n) is 6.93. The topological polar surface area (TPSA) is 77.7 Å². The molecule has 0 saturated carbocycles. The van der Waals surface area contributed by atoms with Gasteiger partial charge in [0.2, 0.25) is 17.6 Å². The largest absolute Gasteiger partial charge is 0.493 e. The van der Waals surface area contributed by atoms with Crippen LogP contribution in [0.1, 0.15) is 30.3 Å². The highest BCUT2D eigenvalue weighted by atomic mass is 16.5. The van der Waals surface area contributed by atoms with E-state index in [4.69, 9.17) is 14.0 Å². The van der Waals surface area contributed by atoms with Crippen molar-refractivity contribution >= 4 is 5.91 Å². The van der Waals surface area contributed by atoms with E-state index in [9.17, 15) is 4.79 Å². The number of ether oxygens (including phenoxy) is 2. The number of rotatable bonds is 6. The third-order valence-electron chi connectivity index (χ3n) is 5.14. The summed E-state index contributed by atoms with van der Waals surface area (Å²) >= 11 is 0. The lowest BCUT2D eigenvalue weighted by Gasteiger charge is -2.22. The normalized spacial score (nSPS) is 16.1. The monoisotopic (exact) mass is 393 g/mol. The van der Waals surface area contributed by atoms with Gasteiger partial charge in [0.25, 0.3) is 0 Å². The standard InChI is InChI=1S/C22H23N3O4/c1-27-18-11-10-15(13-19(18)28-2)14-20(26)25-12-6-9-17(25)22-23-21(24-29-22)16-7-4-3-5-8-16/h3-5,7-8,10-11,13,17H,6,9,12,14H2,1-2H3. The zero-order valence-electron chi connectivity index (χ0n) is 16.5. The van der Waals surface area contributed by atoms with E-state index < -0.39 is 0 Å². The van der Waals surface area contributed by atoms with Gasteiger partial charge >= 0.3 is 0 Å². The highest BCUT2D eigenvalue weighted by Gasteiger charge is 2.34. The summed E-state index contributed by atoms with van der Waals surface area (Å²) < 4.78 is 16.1. The summed E-state index contributed by atoms with van der Waals surface area (Å²) in [5, 5.41) is 4.10. The van der Waals surface area contributed by atoms with Crippen molar-refractivity contribution in [1.82, 2.24) is 15.0 Å². The number of benzene rings is 2. The number of hydrogen-bond acceptors (Lipinski definition) is 6. The first-order valence-electron chi connectivity index (χ1n) is 9.59. The van der Waals surface area contributed by atoms with E-state index in [1.54, 1.807) is 14.2 Å². The van der Waals surface area contributed by atoms with Gasteiger partial charge in [-0.25, -0.2) is 0 Å². The van der Waals surface area contributed by atoms with Crippen LogP contribution in [0.4, 0.5) is 0 Å². The Kier molecular flexibility index (Phi) is 5.46. The molecule has 7 heteroatoms.